The molecule has 10 nitrogen and oxygen atoms in total. The van der Waals surface area contributed by atoms with Crippen molar-refractivity contribution in [3.8, 4) is 0 Å². The Morgan fingerprint density at radius 2 is 1.97 bits per heavy atom. The van der Waals surface area contributed by atoms with E-state index in [1.807, 2.05) is 24.3 Å². The van der Waals surface area contributed by atoms with E-state index >= 15 is 0 Å². The van der Waals surface area contributed by atoms with Crippen LogP contribution in [-0.4, -0.2) is 83.0 Å². The Morgan fingerprint density at radius 1 is 1.21 bits per heavy atom. The van der Waals surface area contributed by atoms with Crippen molar-refractivity contribution in [3.63, 3.8) is 0 Å². The van der Waals surface area contributed by atoms with Crippen molar-refractivity contribution in [2.75, 3.05) is 26.7 Å². The number of likely N-dealkylation sites (tertiary alicyclic amines) is 2. The van der Waals surface area contributed by atoms with Crippen LogP contribution in [0.1, 0.15) is 42.9 Å². The molecule has 1 aliphatic carbocycles. The summed E-state index contributed by atoms with van der Waals surface area (Å²) in [6, 6.07) is 5.80. The molecule has 1 aromatic heterocycles. The number of fused-ring (bicyclic) bond motifs is 2. The van der Waals surface area contributed by atoms with E-state index in [2.05, 4.69) is 29.5 Å². The largest absolute Gasteiger partial charge is 0.356 e. The zero-order valence-electron chi connectivity index (χ0n) is 22.3. The Hall–Kier alpha value is -3.34. The summed E-state index contributed by atoms with van der Waals surface area (Å²) in [4.78, 5) is 73.4. The van der Waals surface area contributed by atoms with Gasteiger partial charge in [-0.3, -0.25) is 24.0 Å². The minimum Gasteiger partial charge on any atom is -0.356 e. The van der Waals surface area contributed by atoms with Crippen molar-refractivity contribution in [2.45, 2.75) is 45.2 Å². The molecule has 4 fully saturated rings. The first-order valence-corrected chi connectivity index (χ1v) is 14.4. The molecule has 6 atom stereocenters. The van der Waals surface area contributed by atoms with Crippen LogP contribution in [0.25, 0.3) is 10.2 Å². The van der Waals surface area contributed by atoms with E-state index in [1.54, 1.807) is 16.8 Å². The minimum absolute atomic E-state index is 0.0238. The molecule has 1 unspecified atom stereocenters. The van der Waals surface area contributed by atoms with Gasteiger partial charge in [0.2, 0.25) is 29.4 Å². The van der Waals surface area contributed by atoms with Gasteiger partial charge in [0, 0.05) is 39.0 Å². The second-order valence-electron chi connectivity index (χ2n) is 12.0. The molecule has 1 saturated carbocycles. The quantitative estimate of drug-likeness (QED) is 0.502. The van der Waals surface area contributed by atoms with Crippen LogP contribution in [0, 0.1) is 29.1 Å². The van der Waals surface area contributed by atoms with Crippen LogP contribution in [-0.2, 0) is 19.2 Å². The lowest BCUT2D eigenvalue weighted by Crippen LogP contribution is -2.55. The number of hydrogen-bond donors (Lipinski definition) is 2. The minimum atomic E-state index is -0.941. The molecule has 0 radical (unpaired) electrons. The third-order valence-electron chi connectivity index (χ3n) is 9.27. The van der Waals surface area contributed by atoms with E-state index in [9.17, 15) is 24.0 Å². The number of rotatable bonds is 7. The maximum Gasteiger partial charge on any atom is 0.243 e. The molecule has 3 aliphatic heterocycles. The molecule has 2 aromatic rings. The number of benzene rings is 1. The van der Waals surface area contributed by atoms with Crippen LogP contribution in [0.3, 0.4) is 0 Å². The topological polar surface area (TPSA) is 129 Å². The molecule has 206 valence electrons. The van der Waals surface area contributed by atoms with Gasteiger partial charge in [0.15, 0.2) is 5.01 Å². The van der Waals surface area contributed by atoms with E-state index in [4.69, 9.17) is 0 Å². The average molecular weight is 552 g/mol. The highest BCUT2D eigenvalue weighted by Crippen LogP contribution is 2.65. The monoisotopic (exact) mass is 551 g/mol. The van der Waals surface area contributed by atoms with Gasteiger partial charge in [-0.1, -0.05) is 26.0 Å². The van der Waals surface area contributed by atoms with Crippen molar-refractivity contribution in [1.29, 1.82) is 0 Å². The molecule has 6 rings (SSSR count). The van der Waals surface area contributed by atoms with Gasteiger partial charge in [-0.05, 0) is 42.2 Å². The SMILES string of the molecule is CN1C[C@H](C(=O)N2C[C@H]3[C@@H]([C@H]2C(=O)NC(C[C@@H]2CCNC2=O)C(=O)c2nc4ccccc4s2)C3(C)C)CC1=O. The second kappa shape index (κ2) is 9.39. The Labute approximate surface area is 230 Å². The fourth-order valence-electron chi connectivity index (χ4n) is 6.85. The molecule has 4 amide bonds. The summed E-state index contributed by atoms with van der Waals surface area (Å²) in [5.41, 5.74) is 0.611. The number of Topliss-reactive ketones (excluding diaryl/α,β-unsaturated/α-hetero) is 1. The number of thiazole rings is 1. The third kappa shape index (κ3) is 4.40. The maximum atomic E-state index is 14.0. The number of nitrogens with one attached hydrogen (secondary N) is 2. The van der Waals surface area contributed by atoms with Crippen molar-refractivity contribution in [3.05, 3.63) is 29.3 Å². The van der Waals surface area contributed by atoms with E-state index in [1.165, 1.54) is 11.3 Å². The van der Waals surface area contributed by atoms with Gasteiger partial charge in [-0.15, -0.1) is 11.3 Å². The Morgan fingerprint density at radius 3 is 2.64 bits per heavy atom. The number of nitrogens with zero attached hydrogens (tertiary/aromatic N) is 3. The maximum absolute atomic E-state index is 14.0. The molecule has 4 heterocycles. The molecule has 39 heavy (non-hydrogen) atoms. The van der Waals surface area contributed by atoms with E-state index in [0.717, 1.165) is 4.70 Å². The summed E-state index contributed by atoms with van der Waals surface area (Å²) >= 11 is 1.27. The van der Waals surface area contributed by atoms with Gasteiger partial charge in [-0.25, -0.2) is 4.98 Å². The number of ketones is 1. The van der Waals surface area contributed by atoms with Crippen molar-refractivity contribution >= 4 is 51.0 Å². The van der Waals surface area contributed by atoms with Crippen molar-refractivity contribution < 1.29 is 24.0 Å². The van der Waals surface area contributed by atoms with Crippen LogP contribution in [0.2, 0.25) is 0 Å². The molecule has 11 heteroatoms. The second-order valence-corrected chi connectivity index (χ2v) is 13.0. The molecular formula is C28H33N5O5S. The summed E-state index contributed by atoms with van der Waals surface area (Å²) in [6.45, 7) is 5.55. The zero-order valence-corrected chi connectivity index (χ0v) is 23.1. The van der Waals surface area contributed by atoms with Gasteiger partial charge in [-0.2, -0.15) is 0 Å². The van der Waals surface area contributed by atoms with Crippen LogP contribution >= 0.6 is 11.3 Å². The predicted octanol–water partition coefficient (Wildman–Crippen LogP) is 1.45. The van der Waals surface area contributed by atoms with Crippen molar-refractivity contribution in [1.82, 2.24) is 25.4 Å². The highest BCUT2D eigenvalue weighted by atomic mass is 32.1. The van der Waals surface area contributed by atoms with E-state index in [-0.39, 0.29) is 70.4 Å². The van der Waals surface area contributed by atoms with Crippen molar-refractivity contribution in [2.24, 2.45) is 29.1 Å². The Bertz CT molecular complexity index is 1350. The first-order valence-electron chi connectivity index (χ1n) is 13.6. The predicted molar refractivity (Wildman–Crippen MR) is 144 cm³/mol. The van der Waals surface area contributed by atoms with Gasteiger partial charge < -0.3 is 20.4 Å². The standard InChI is InChI=1S/C28H33N5O5S/c1-28(2)16-13-33(27(38)15-11-20(34)32(3)12-15)22(21(16)28)25(37)30-18(10-14-8-9-29-24(14)36)23(35)26-31-17-6-4-5-7-19(17)39-26/h4-7,14-16,18,21-22H,8-13H2,1-3H3,(H,29,36)(H,30,37)/t14-,15+,16-,18?,21-,22-/m0/s1. The molecule has 0 bridgehead atoms. The number of hydrogen-bond acceptors (Lipinski definition) is 7. The van der Waals surface area contributed by atoms with Gasteiger partial charge >= 0.3 is 0 Å². The van der Waals surface area contributed by atoms with Gasteiger partial charge in [0.1, 0.15) is 6.04 Å². The van der Waals surface area contributed by atoms with Crippen LogP contribution < -0.4 is 10.6 Å². The first-order chi connectivity index (χ1) is 18.6. The number of carbonyl (C=O) groups excluding carboxylic acids is 5. The van der Waals surface area contributed by atoms with Gasteiger partial charge in [0.25, 0.3) is 0 Å². The van der Waals surface area contributed by atoms with Crippen LogP contribution in [0.4, 0.5) is 0 Å². The molecule has 1 aromatic carbocycles. The van der Waals surface area contributed by atoms with E-state index < -0.39 is 18.0 Å². The highest BCUT2D eigenvalue weighted by molar-refractivity contribution is 7.20. The van der Waals surface area contributed by atoms with Crippen LogP contribution in [0.5, 0.6) is 0 Å². The smallest absolute Gasteiger partial charge is 0.243 e. The van der Waals surface area contributed by atoms with Crippen LogP contribution in [0.15, 0.2) is 24.3 Å². The number of carbonyl (C=O) groups is 5. The summed E-state index contributed by atoms with van der Waals surface area (Å²) in [5, 5.41) is 6.06. The fourth-order valence-corrected chi connectivity index (χ4v) is 7.81. The molecule has 2 N–H and O–H groups in total. The molecule has 3 saturated heterocycles. The summed E-state index contributed by atoms with van der Waals surface area (Å²) in [6.07, 6.45) is 0.911. The number of piperidine rings is 1. The lowest BCUT2D eigenvalue weighted by Gasteiger charge is -2.33. The normalized spacial score (nSPS) is 29.9. The average Bonchev–Trinajstić information content (AvgIpc) is 3.51. The first kappa shape index (κ1) is 25.9. The summed E-state index contributed by atoms with van der Waals surface area (Å²) < 4.78 is 0.871. The number of para-hydroxylation sites is 1. The zero-order chi connectivity index (χ0) is 27.6. The number of amides is 4. The Balaban J connectivity index is 1.26. The summed E-state index contributed by atoms with van der Waals surface area (Å²) in [7, 11) is 1.68. The molecule has 4 aliphatic rings. The summed E-state index contributed by atoms with van der Waals surface area (Å²) in [5.74, 6) is -1.78. The van der Waals surface area contributed by atoms with Gasteiger partial charge in [0.05, 0.1) is 22.2 Å². The fraction of sp³-hybridized carbons (Fsp3) is 0.571. The molecular weight excluding hydrogens is 518 g/mol. The lowest BCUT2D eigenvalue weighted by molar-refractivity contribution is -0.143. The Kier molecular flexibility index (Phi) is 6.24. The number of aromatic nitrogens is 1. The lowest BCUT2D eigenvalue weighted by atomic mass is 9.94. The highest BCUT2D eigenvalue weighted by Gasteiger charge is 2.69. The van der Waals surface area contributed by atoms with E-state index in [0.29, 0.717) is 31.6 Å². The third-order valence-corrected chi connectivity index (χ3v) is 10.3. The molecule has 0 spiro atoms.